The number of hydrogen-bond acceptors (Lipinski definition) is 3. The first kappa shape index (κ1) is 23.0. The summed E-state index contributed by atoms with van der Waals surface area (Å²) >= 11 is 12.6. The summed E-state index contributed by atoms with van der Waals surface area (Å²) in [6.07, 6.45) is 0.792. The topological polar surface area (TPSA) is 58.6 Å². The molecular weight excluding hydrogens is 411 g/mol. The minimum absolute atomic E-state index is 0.00590. The highest BCUT2D eigenvalue weighted by Gasteiger charge is 2.28. The Morgan fingerprint density at radius 3 is 2.24 bits per heavy atom. The zero-order valence-electron chi connectivity index (χ0n) is 16.8. The van der Waals surface area contributed by atoms with Gasteiger partial charge >= 0.3 is 0 Å². The lowest BCUT2D eigenvalue weighted by Crippen LogP contribution is -2.50. The molecule has 0 heterocycles. The van der Waals surface area contributed by atoms with Crippen molar-refractivity contribution >= 4 is 35.0 Å². The van der Waals surface area contributed by atoms with E-state index in [-0.39, 0.29) is 31.0 Å². The van der Waals surface area contributed by atoms with Gasteiger partial charge in [-0.15, -0.1) is 0 Å². The van der Waals surface area contributed by atoms with Gasteiger partial charge in [0, 0.05) is 28.2 Å². The molecule has 0 unspecified atom stereocenters. The molecule has 0 radical (unpaired) electrons. The van der Waals surface area contributed by atoms with Crippen LogP contribution in [0.5, 0.6) is 5.75 Å². The maximum atomic E-state index is 13.0. The fourth-order valence-corrected chi connectivity index (χ4v) is 3.16. The SMILES string of the molecule is CC[C@@H](C)NC(=O)[C@@H](C)N(Cc1c(Cl)cccc1Cl)C(=O)COc1ccccc1. The summed E-state index contributed by atoms with van der Waals surface area (Å²) in [5.41, 5.74) is 0.590. The molecule has 0 saturated heterocycles. The first-order chi connectivity index (χ1) is 13.8. The number of carbonyl (C=O) groups is 2. The van der Waals surface area contributed by atoms with Crippen LogP contribution >= 0.6 is 23.2 Å². The van der Waals surface area contributed by atoms with Gasteiger partial charge in [0.1, 0.15) is 11.8 Å². The van der Waals surface area contributed by atoms with Gasteiger partial charge in [-0.1, -0.05) is 54.4 Å². The normalized spacial score (nSPS) is 12.7. The minimum Gasteiger partial charge on any atom is -0.484 e. The van der Waals surface area contributed by atoms with Crippen molar-refractivity contribution in [2.24, 2.45) is 0 Å². The number of amides is 2. The van der Waals surface area contributed by atoms with E-state index in [1.54, 1.807) is 37.3 Å². The Balaban J connectivity index is 2.21. The Morgan fingerprint density at radius 2 is 1.66 bits per heavy atom. The molecule has 7 heteroatoms. The van der Waals surface area contributed by atoms with E-state index in [1.165, 1.54) is 4.90 Å². The first-order valence-corrected chi connectivity index (χ1v) is 10.3. The number of nitrogens with zero attached hydrogens (tertiary/aromatic N) is 1. The molecule has 5 nitrogen and oxygen atoms in total. The summed E-state index contributed by atoms with van der Waals surface area (Å²) < 4.78 is 5.59. The Kier molecular flexibility index (Phi) is 8.80. The average Bonchev–Trinajstić information content (AvgIpc) is 2.72. The van der Waals surface area contributed by atoms with Gasteiger partial charge in [0.25, 0.3) is 5.91 Å². The van der Waals surface area contributed by atoms with Crippen molar-refractivity contribution in [1.29, 1.82) is 0 Å². The number of carbonyl (C=O) groups excluding carboxylic acids is 2. The molecule has 2 amide bonds. The van der Waals surface area contributed by atoms with Crippen molar-refractivity contribution < 1.29 is 14.3 Å². The lowest BCUT2D eigenvalue weighted by Gasteiger charge is -2.30. The molecule has 2 atom stereocenters. The van der Waals surface area contributed by atoms with Gasteiger partial charge < -0.3 is 15.0 Å². The zero-order valence-corrected chi connectivity index (χ0v) is 18.3. The number of rotatable bonds is 9. The van der Waals surface area contributed by atoms with E-state index in [0.717, 1.165) is 6.42 Å². The maximum absolute atomic E-state index is 13.0. The fraction of sp³-hybridized carbons (Fsp3) is 0.364. The van der Waals surface area contributed by atoms with Crippen molar-refractivity contribution in [2.75, 3.05) is 6.61 Å². The van der Waals surface area contributed by atoms with Crippen LogP contribution in [0.15, 0.2) is 48.5 Å². The lowest BCUT2D eigenvalue weighted by molar-refractivity contribution is -0.142. The molecule has 156 valence electrons. The van der Waals surface area contributed by atoms with E-state index in [0.29, 0.717) is 21.4 Å². The number of halogens is 2. The summed E-state index contributed by atoms with van der Waals surface area (Å²) in [5.74, 6) is 0.000476. The molecular formula is C22H26Cl2N2O3. The van der Waals surface area contributed by atoms with Crippen LogP contribution in [0.2, 0.25) is 10.0 Å². The number of nitrogens with one attached hydrogen (secondary N) is 1. The molecule has 0 aliphatic rings. The third-order valence-electron chi connectivity index (χ3n) is 4.66. The molecule has 0 bridgehead atoms. The van der Waals surface area contributed by atoms with E-state index >= 15 is 0 Å². The quantitative estimate of drug-likeness (QED) is 0.619. The Hall–Kier alpha value is -2.24. The average molecular weight is 437 g/mol. The van der Waals surface area contributed by atoms with Gasteiger partial charge in [0.05, 0.1) is 0 Å². The largest absolute Gasteiger partial charge is 0.484 e. The van der Waals surface area contributed by atoms with Crippen molar-refractivity contribution in [3.63, 3.8) is 0 Å². The third-order valence-corrected chi connectivity index (χ3v) is 5.37. The van der Waals surface area contributed by atoms with Gasteiger partial charge in [-0.3, -0.25) is 9.59 Å². The molecule has 1 N–H and O–H groups in total. The summed E-state index contributed by atoms with van der Waals surface area (Å²) in [7, 11) is 0. The molecule has 2 aromatic rings. The maximum Gasteiger partial charge on any atom is 0.261 e. The Morgan fingerprint density at radius 1 is 1.03 bits per heavy atom. The van der Waals surface area contributed by atoms with Crippen LogP contribution in [-0.4, -0.2) is 35.4 Å². The molecule has 2 aromatic carbocycles. The minimum atomic E-state index is -0.719. The van der Waals surface area contributed by atoms with Crippen molar-refractivity contribution in [3.05, 3.63) is 64.1 Å². The molecule has 0 aliphatic heterocycles. The molecule has 0 fully saturated rings. The van der Waals surface area contributed by atoms with Crippen LogP contribution in [0.4, 0.5) is 0 Å². The number of ether oxygens (including phenoxy) is 1. The summed E-state index contributed by atoms with van der Waals surface area (Å²) in [4.78, 5) is 27.1. The van der Waals surface area contributed by atoms with E-state index in [1.807, 2.05) is 32.0 Å². The third kappa shape index (κ3) is 6.65. The van der Waals surface area contributed by atoms with Gasteiger partial charge in [0.2, 0.25) is 5.91 Å². The Labute approximate surface area is 181 Å². The lowest BCUT2D eigenvalue weighted by atomic mass is 10.1. The van der Waals surface area contributed by atoms with Crippen LogP contribution in [0, 0.1) is 0 Å². The monoisotopic (exact) mass is 436 g/mol. The highest BCUT2D eigenvalue weighted by atomic mass is 35.5. The summed E-state index contributed by atoms with van der Waals surface area (Å²) in [5, 5.41) is 3.79. The molecule has 2 rings (SSSR count). The van der Waals surface area contributed by atoms with Crippen LogP contribution in [0.3, 0.4) is 0 Å². The fourth-order valence-electron chi connectivity index (χ4n) is 2.65. The second kappa shape index (κ2) is 11.1. The number of hydrogen-bond donors (Lipinski definition) is 1. The molecule has 0 spiro atoms. The second-order valence-electron chi connectivity index (χ2n) is 6.82. The number of para-hydroxylation sites is 1. The zero-order chi connectivity index (χ0) is 21.4. The van der Waals surface area contributed by atoms with E-state index in [9.17, 15) is 9.59 Å². The summed E-state index contributed by atoms with van der Waals surface area (Å²) in [6, 6.07) is 13.5. The Bertz CT molecular complexity index is 810. The smallest absolute Gasteiger partial charge is 0.261 e. The molecule has 0 saturated carbocycles. The predicted molar refractivity (Wildman–Crippen MR) is 116 cm³/mol. The van der Waals surface area contributed by atoms with Crippen LogP contribution in [0.25, 0.3) is 0 Å². The van der Waals surface area contributed by atoms with Crippen LogP contribution in [-0.2, 0) is 16.1 Å². The van der Waals surface area contributed by atoms with Crippen molar-refractivity contribution in [2.45, 2.75) is 45.8 Å². The van der Waals surface area contributed by atoms with E-state index in [2.05, 4.69) is 5.32 Å². The molecule has 0 aliphatic carbocycles. The number of benzene rings is 2. The predicted octanol–water partition coefficient (Wildman–Crippen LogP) is 4.70. The van der Waals surface area contributed by atoms with Crippen molar-refractivity contribution in [3.8, 4) is 5.75 Å². The first-order valence-electron chi connectivity index (χ1n) is 9.54. The van der Waals surface area contributed by atoms with Gasteiger partial charge in [-0.2, -0.15) is 0 Å². The van der Waals surface area contributed by atoms with Gasteiger partial charge in [-0.05, 0) is 44.5 Å². The second-order valence-corrected chi connectivity index (χ2v) is 7.63. The van der Waals surface area contributed by atoms with E-state index < -0.39 is 6.04 Å². The summed E-state index contributed by atoms with van der Waals surface area (Å²) in [6.45, 7) is 5.48. The van der Waals surface area contributed by atoms with Crippen LogP contribution in [0.1, 0.15) is 32.8 Å². The van der Waals surface area contributed by atoms with Gasteiger partial charge in [0.15, 0.2) is 6.61 Å². The van der Waals surface area contributed by atoms with Crippen LogP contribution < -0.4 is 10.1 Å². The highest BCUT2D eigenvalue weighted by molar-refractivity contribution is 6.36. The standard InChI is InChI=1S/C22H26Cl2N2O3/c1-4-15(2)25-22(28)16(3)26(13-18-19(23)11-8-12-20(18)24)21(27)14-29-17-9-6-5-7-10-17/h5-12,15-16H,4,13-14H2,1-3H3,(H,25,28)/t15-,16-/m1/s1. The molecule has 0 aromatic heterocycles. The van der Waals surface area contributed by atoms with Crippen molar-refractivity contribution in [1.82, 2.24) is 10.2 Å². The van der Waals surface area contributed by atoms with Gasteiger partial charge in [-0.25, -0.2) is 0 Å². The molecule has 29 heavy (non-hydrogen) atoms. The van der Waals surface area contributed by atoms with E-state index in [4.69, 9.17) is 27.9 Å². The highest BCUT2D eigenvalue weighted by Crippen LogP contribution is 2.26.